The summed E-state index contributed by atoms with van der Waals surface area (Å²) < 4.78 is 36.1. The Hall–Kier alpha value is -2.65. The highest BCUT2D eigenvalue weighted by molar-refractivity contribution is 7.92. The molecule has 1 heterocycles. The number of carbonyl (C=O) groups excluding carboxylic acids is 1. The van der Waals surface area contributed by atoms with Crippen molar-refractivity contribution in [2.75, 3.05) is 30.7 Å². The maximum atomic E-state index is 12.2. The summed E-state index contributed by atoms with van der Waals surface area (Å²) >= 11 is 0. The van der Waals surface area contributed by atoms with E-state index in [1.54, 1.807) is 50.4 Å². The summed E-state index contributed by atoms with van der Waals surface area (Å²) in [5.41, 5.74) is 0.720. The number of pyridine rings is 1. The van der Waals surface area contributed by atoms with Gasteiger partial charge in [-0.15, -0.1) is 0 Å². The molecule has 2 aromatic rings. The van der Waals surface area contributed by atoms with E-state index < -0.39 is 10.0 Å². The number of aromatic nitrogens is 1. The second kappa shape index (κ2) is 9.16. The van der Waals surface area contributed by atoms with E-state index in [0.29, 0.717) is 30.2 Å². The molecule has 1 aromatic carbocycles. The fourth-order valence-corrected chi connectivity index (χ4v) is 2.60. The molecule has 8 nitrogen and oxygen atoms in total. The minimum atomic E-state index is -3.34. The van der Waals surface area contributed by atoms with Crippen molar-refractivity contribution in [1.82, 2.24) is 10.3 Å². The average Bonchev–Trinajstić information content (AvgIpc) is 2.64. The van der Waals surface area contributed by atoms with Crippen LogP contribution in [0.25, 0.3) is 0 Å². The first kappa shape index (κ1) is 19.7. The van der Waals surface area contributed by atoms with Crippen molar-refractivity contribution in [3.63, 3.8) is 0 Å². The number of carbonyl (C=O) groups is 1. The van der Waals surface area contributed by atoms with Gasteiger partial charge in [-0.2, -0.15) is 0 Å². The molecular weight excluding hydrogens is 358 g/mol. The van der Waals surface area contributed by atoms with Gasteiger partial charge in [-0.1, -0.05) is 0 Å². The van der Waals surface area contributed by atoms with E-state index >= 15 is 0 Å². The van der Waals surface area contributed by atoms with Crippen LogP contribution in [0.5, 0.6) is 11.6 Å². The minimum absolute atomic E-state index is 0.0132. The average molecular weight is 379 g/mol. The number of nitrogens with zero attached hydrogens (tertiary/aromatic N) is 1. The smallest absolute Gasteiger partial charge is 0.256 e. The molecule has 0 atom stereocenters. The lowest BCUT2D eigenvalue weighted by Gasteiger charge is -2.11. The molecule has 9 heteroatoms. The van der Waals surface area contributed by atoms with Gasteiger partial charge in [0.15, 0.2) is 0 Å². The number of hydrogen-bond acceptors (Lipinski definition) is 6. The van der Waals surface area contributed by atoms with Crippen LogP contribution in [0.1, 0.15) is 17.3 Å². The molecule has 2 N–H and O–H groups in total. The van der Waals surface area contributed by atoms with Crippen LogP contribution in [-0.2, 0) is 14.8 Å². The molecule has 0 saturated carbocycles. The highest BCUT2D eigenvalue weighted by Crippen LogP contribution is 2.24. The van der Waals surface area contributed by atoms with Crippen LogP contribution in [0.15, 0.2) is 42.6 Å². The van der Waals surface area contributed by atoms with E-state index in [0.717, 1.165) is 0 Å². The van der Waals surface area contributed by atoms with Crippen molar-refractivity contribution in [3.8, 4) is 11.6 Å². The Bertz CT molecular complexity index is 838. The predicted molar refractivity (Wildman–Crippen MR) is 98.0 cm³/mol. The van der Waals surface area contributed by atoms with Crippen molar-refractivity contribution in [1.29, 1.82) is 0 Å². The van der Waals surface area contributed by atoms with Crippen LogP contribution in [-0.4, -0.2) is 45.3 Å². The number of amides is 1. The van der Waals surface area contributed by atoms with Crippen LogP contribution < -0.4 is 14.8 Å². The Labute approximate surface area is 152 Å². The summed E-state index contributed by atoms with van der Waals surface area (Å²) in [6.07, 6.45) is 1.52. The summed E-state index contributed by atoms with van der Waals surface area (Å²) in [4.78, 5) is 16.3. The summed E-state index contributed by atoms with van der Waals surface area (Å²) in [5, 5.41) is 2.71. The highest BCUT2D eigenvalue weighted by atomic mass is 32.2. The molecule has 1 aromatic heterocycles. The fraction of sp³-hybridized carbons (Fsp3) is 0.294. The summed E-state index contributed by atoms with van der Waals surface area (Å²) in [7, 11) is -1.79. The number of rotatable bonds is 9. The molecule has 26 heavy (non-hydrogen) atoms. The van der Waals surface area contributed by atoms with Gasteiger partial charge < -0.3 is 14.8 Å². The maximum Gasteiger partial charge on any atom is 0.256 e. The predicted octanol–water partition coefficient (Wildman–Crippen LogP) is 2.01. The monoisotopic (exact) mass is 379 g/mol. The second-order valence-electron chi connectivity index (χ2n) is 5.24. The third kappa shape index (κ3) is 5.71. The number of hydrogen-bond donors (Lipinski definition) is 2. The number of ether oxygens (including phenoxy) is 2. The van der Waals surface area contributed by atoms with Crippen molar-refractivity contribution in [2.45, 2.75) is 6.92 Å². The largest absolute Gasteiger partial charge is 0.438 e. The van der Waals surface area contributed by atoms with Gasteiger partial charge in [0, 0.05) is 25.5 Å². The van der Waals surface area contributed by atoms with Crippen molar-refractivity contribution >= 4 is 21.6 Å². The number of benzene rings is 1. The Morgan fingerprint density at radius 1 is 1.19 bits per heavy atom. The van der Waals surface area contributed by atoms with E-state index in [2.05, 4.69) is 15.0 Å². The van der Waals surface area contributed by atoms with Crippen LogP contribution in [0.3, 0.4) is 0 Å². The highest BCUT2D eigenvalue weighted by Gasteiger charge is 2.14. The zero-order chi connectivity index (χ0) is 19.0. The zero-order valence-corrected chi connectivity index (χ0v) is 15.4. The minimum Gasteiger partial charge on any atom is -0.438 e. The van der Waals surface area contributed by atoms with Gasteiger partial charge >= 0.3 is 0 Å². The Morgan fingerprint density at radius 3 is 2.58 bits per heavy atom. The third-order valence-electron chi connectivity index (χ3n) is 3.33. The first-order chi connectivity index (χ1) is 12.4. The van der Waals surface area contributed by atoms with Gasteiger partial charge in [0.2, 0.25) is 15.9 Å². The number of anilines is 1. The van der Waals surface area contributed by atoms with E-state index in [4.69, 9.17) is 9.47 Å². The molecule has 0 bridgehead atoms. The lowest BCUT2D eigenvalue weighted by molar-refractivity contribution is 0.0934. The lowest BCUT2D eigenvalue weighted by Crippen LogP contribution is -2.27. The molecule has 0 radical (unpaired) electrons. The SMILES string of the molecule is CCS(=O)(=O)Nc1ccc(Oc2ncccc2C(=O)NCCOC)cc1. The van der Waals surface area contributed by atoms with Crippen molar-refractivity contribution in [3.05, 3.63) is 48.2 Å². The van der Waals surface area contributed by atoms with Gasteiger partial charge in [0.1, 0.15) is 11.3 Å². The molecule has 2 rings (SSSR count). The van der Waals surface area contributed by atoms with Crippen molar-refractivity contribution in [2.24, 2.45) is 0 Å². The second-order valence-corrected chi connectivity index (χ2v) is 7.25. The standard InChI is InChI=1S/C17H21N3O5S/c1-3-26(22,23)20-13-6-8-14(9-7-13)25-17-15(5-4-10-19-17)16(21)18-11-12-24-2/h4-10,20H,3,11-12H2,1-2H3,(H,18,21). The normalized spacial score (nSPS) is 11.0. The molecule has 0 fully saturated rings. The Kier molecular flexibility index (Phi) is 6.93. The lowest BCUT2D eigenvalue weighted by atomic mass is 10.2. The van der Waals surface area contributed by atoms with E-state index in [9.17, 15) is 13.2 Å². The first-order valence-electron chi connectivity index (χ1n) is 7.95. The van der Waals surface area contributed by atoms with Crippen LogP contribution >= 0.6 is 0 Å². The van der Waals surface area contributed by atoms with Crippen LogP contribution in [0.2, 0.25) is 0 Å². The molecular formula is C17H21N3O5S. The fourth-order valence-electron chi connectivity index (χ4n) is 1.96. The van der Waals surface area contributed by atoms with Gasteiger partial charge in [0.25, 0.3) is 5.91 Å². The maximum absolute atomic E-state index is 12.2. The summed E-state index contributed by atoms with van der Waals surface area (Å²) in [5.74, 6) is 0.247. The number of nitrogens with one attached hydrogen (secondary N) is 2. The Morgan fingerprint density at radius 2 is 1.92 bits per heavy atom. The van der Waals surface area contributed by atoms with Gasteiger partial charge in [-0.25, -0.2) is 13.4 Å². The molecule has 0 aliphatic rings. The van der Waals surface area contributed by atoms with Crippen LogP contribution in [0, 0.1) is 0 Å². The number of sulfonamides is 1. The van der Waals surface area contributed by atoms with Gasteiger partial charge in [-0.05, 0) is 43.3 Å². The van der Waals surface area contributed by atoms with Crippen molar-refractivity contribution < 1.29 is 22.7 Å². The molecule has 0 aliphatic heterocycles. The zero-order valence-electron chi connectivity index (χ0n) is 14.6. The Balaban J connectivity index is 2.10. The molecule has 0 spiro atoms. The molecule has 1 amide bonds. The van der Waals surface area contributed by atoms with Gasteiger partial charge in [-0.3, -0.25) is 9.52 Å². The topological polar surface area (TPSA) is 107 Å². The van der Waals surface area contributed by atoms with Gasteiger partial charge in [0.05, 0.1) is 12.4 Å². The molecule has 140 valence electrons. The molecule has 0 saturated heterocycles. The third-order valence-corrected chi connectivity index (χ3v) is 4.64. The summed E-state index contributed by atoms with van der Waals surface area (Å²) in [6.45, 7) is 2.33. The quantitative estimate of drug-likeness (QED) is 0.646. The molecule has 0 unspecified atom stereocenters. The van der Waals surface area contributed by atoms with E-state index in [1.165, 1.54) is 6.20 Å². The van der Waals surface area contributed by atoms with E-state index in [-0.39, 0.29) is 17.5 Å². The first-order valence-corrected chi connectivity index (χ1v) is 9.61. The molecule has 0 aliphatic carbocycles. The van der Waals surface area contributed by atoms with Crippen LogP contribution in [0.4, 0.5) is 5.69 Å². The van der Waals surface area contributed by atoms with E-state index in [1.807, 2.05) is 0 Å². The number of methoxy groups -OCH3 is 1. The summed E-state index contributed by atoms with van der Waals surface area (Å²) in [6, 6.07) is 9.58.